The number of rotatable bonds is 2. The van der Waals surface area contributed by atoms with Crippen LogP contribution in [0.15, 0.2) is 60.7 Å². The van der Waals surface area contributed by atoms with E-state index in [4.69, 9.17) is 0 Å². The van der Waals surface area contributed by atoms with E-state index in [0.29, 0.717) is 5.69 Å². The average Bonchev–Trinajstić information content (AvgIpc) is 2.46. The molecule has 0 aliphatic heterocycles. The molecule has 0 aliphatic carbocycles. The Morgan fingerprint density at radius 3 is 2.47 bits per heavy atom. The summed E-state index contributed by atoms with van der Waals surface area (Å²) in [5.41, 5.74) is 2.50. The van der Waals surface area contributed by atoms with Gasteiger partial charge in [0.2, 0.25) is 0 Å². The highest BCUT2D eigenvalue weighted by atomic mass is 16.3. The van der Waals surface area contributed by atoms with Crippen LogP contribution < -0.4 is 0 Å². The lowest BCUT2D eigenvalue weighted by atomic mass is 9.98. The van der Waals surface area contributed by atoms with E-state index < -0.39 is 6.10 Å². The second-order valence-corrected chi connectivity index (χ2v) is 4.67. The van der Waals surface area contributed by atoms with Gasteiger partial charge in [-0.25, -0.2) is 0 Å². The van der Waals surface area contributed by atoms with Crippen molar-refractivity contribution in [1.82, 2.24) is 4.98 Å². The number of aliphatic hydroxyl groups excluding tert-OH is 1. The van der Waals surface area contributed by atoms with Gasteiger partial charge in [0.05, 0.1) is 5.69 Å². The molecular weight excluding hydrogens is 234 g/mol. The van der Waals surface area contributed by atoms with E-state index in [1.807, 2.05) is 55.5 Å². The Bertz CT molecular complexity index is 716. The van der Waals surface area contributed by atoms with Gasteiger partial charge in [-0.1, -0.05) is 48.5 Å². The summed E-state index contributed by atoms with van der Waals surface area (Å²) in [7, 11) is 0. The van der Waals surface area contributed by atoms with Crippen LogP contribution in [0.2, 0.25) is 0 Å². The van der Waals surface area contributed by atoms with Gasteiger partial charge >= 0.3 is 0 Å². The summed E-state index contributed by atoms with van der Waals surface area (Å²) < 4.78 is 0. The number of nitrogens with zero attached hydrogens (tertiary/aromatic N) is 1. The van der Waals surface area contributed by atoms with Gasteiger partial charge in [0.25, 0.3) is 0 Å². The van der Waals surface area contributed by atoms with Gasteiger partial charge in [0.1, 0.15) is 6.10 Å². The summed E-state index contributed by atoms with van der Waals surface area (Å²) in [6.45, 7) is 1.93. The van der Waals surface area contributed by atoms with Crippen molar-refractivity contribution in [3.8, 4) is 0 Å². The first-order valence-corrected chi connectivity index (χ1v) is 6.35. The topological polar surface area (TPSA) is 33.1 Å². The molecule has 0 aliphatic rings. The zero-order valence-electron chi connectivity index (χ0n) is 10.7. The second-order valence-electron chi connectivity index (χ2n) is 4.67. The number of aromatic nitrogens is 1. The van der Waals surface area contributed by atoms with Crippen LogP contribution in [0.4, 0.5) is 0 Å². The number of fused-ring (bicyclic) bond motifs is 1. The van der Waals surface area contributed by atoms with E-state index in [2.05, 4.69) is 17.1 Å². The van der Waals surface area contributed by atoms with Crippen LogP contribution in [0, 0.1) is 6.92 Å². The SMILES string of the molecule is Cc1cccc(C(O)c2cccc3ccccc23)n1. The summed E-state index contributed by atoms with van der Waals surface area (Å²) in [5.74, 6) is 0. The molecular formula is C17H15NO. The van der Waals surface area contributed by atoms with E-state index in [-0.39, 0.29) is 0 Å². The van der Waals surface area contributed by atoms with Crippen LogP contribution in [-0.2, 0) is 0 Å². The molecule has 3 rings (SSSR count). The molecule has 0 saturated heterocycles. The lowest BCUT2D eigenvalue weighted by Gasteiger charge is -2.13. The van der Waals surface area contributed by atoms with Crippen LogP contribution in [0.3, 0.4) is 0 Å². The van der Waals surface area contributed by atoms with Gasteiger partial charge in [-0.05, 0) is 35.4 Å². The fourth-order valence-electron chi connectivity index (χ4n) is 2.36. The predicted octanol–water partition coefficient (Wildman–Crippen LogP) is 3.62. The zero-order chi connectivity index (χ0) is 13.2. The molecule has 0 amide bonds. The second kappa shape index (κ2) is 4.82. The Balaban J connectivity index is 2.14. The molecule has 1 unspecified atom stereocenters. The number of aryl methyl sites for hydroxylation is 1. The van der Waals surface area contributed by atoms with Crippen molar-refractivity contribution in [2.75, 3.05) is 0 Å². The molecule has 94 valence electrons. The summed E-state index contributed by atoms with van der Waals surface area (Å²) in [6, 6.07) is 19.8. The fourth-order valence-corrected chi connectivity index (χ4v) is 2.36. The van der Waals surface area contributed by atoms with Crippen molar-refractivity contribution < 1.29 is 5.11 Å². The molecule has 0 bridgehead atoms. The van der Waals surface area contributed by atoms with Crippen LogP contribution in [0.5, 0.6) is 0 Å². The molecule has 1 heterocycles. The van der Waals surface area contributed by atoms with Gasteiger partial charge < -0.3 is 5.11 Å². The lowest BCUT2D eigenvalue weighted by Crippen LogP contribution is -2.03. The van der Waals surface area contributed by atoms with Crippen molar-refractivity contribution >= 4 is 10.8 Å². The standard InChI is InChI=1S/C17H15NO/c1-12-6-4-11-16(18-12)17(19)15-10-5-8-13-7-2-3-9-14(13)15/h2-11,17,19H,1H3. The molecule has 19 heavy (non-hydrogen) atoms. The van der Waals surface area contributed by atoms with Gasteiger partial charge in [-0.15, -0.1) is 0 Å². The maximum atomic E-state index is 10.6. The van der Waals surface area contributed by atoms with Crippen molar-refractivity contribution in [2.24, 2.45) is 0 Å². The Hall–Kier alpha value is -2.19. The molecule has 0 saturated carbocycles. The van der Waals surface area contributed by atoms with Crippen LogP contribution >= 0.6 is 0 Å². The third-order valence-corrected chi connectivity index (χ3v) is 3.31. The highest BCUT2D eigenvalue weighted by Crippen LogP contribution is 2.27. The normalized spacial score (nSPS) is 12.5. The molecule has 2 aromatic carbocycles. The minimum absolute atomic E-state index is 0.689. The monoisotopic (exact) mass is 249 g/mol. The van der Waals surface area contributed by atoms with Crippen LogP contribution in [0.1, 0.15) is 23.1 Å². The number of hydrogen-bond donors (Lipinski definition) is 1. The number of pyridine rings is 1. The molecule has 2 heteroatoms. The predicted molar refractivity (Wildman–Crippen MR) is 77.0 cm³/mol. The van der Waals surface area contributed by atoms with Crippen molar-refractivity contribution in [1.29, 1.82) is 0 Å². The quantitative estimate of drug-likeness (QED) is 0.752. The first kappa shape index (κ1) is 11.9. The largest absolute Gasteiger partial charge is 0.382 e. The van der Waals surface area contributed by atoms with E-state index in [1.165, 1.54) is 0 Å². The molecule has 2 nitrogen and oxygen atoms in total. The highest BCUT2D eigenvalue weighted by Gasteiger charge is 2.14. The summed E-state index contributed by atoms with van der Waals surface area (Å²) in [6.07, 6.45) is -0.689. The van der Waals surface area contributed by atoms with E-state index in [9.17, 15) is 5.11 Å². The zero-order valence-corrected chi connectivity index (χ0v) is 10.7. The Kier molecular flexibility index (Phi) is 3.02. The molecule has 0 spiro atoms. The first-order chi connectivity index (χ1) is 9.25. The number of hydrogen-bond acceptors (Lipinski definition) is 2. The fraction of sp³-hybridized carbons (Fsp3) is 0.118. The third kappa shape index (κ3) is 2.23. The average molecular weight is 249 g/mol. The van der Waals surface area contributed by atoms with Crippen molar-refractivity contribution in [3.63, 3.8) is 0 Å². The minimum atomic E-state index is -0.689. The lowest BCUT2D eigenvalue weighted by molar-refractivity contribution is 0.216. The number of aliphatic hydroxyl groups is 1. The molecule has 0 radical (unpaired) electrons. The highest BCUT2D eigenvalue weighted by molar-refractivity contribution is 5.86. The molecule has 1 N–H and O–H groups in total. The van der Waals surface area contributed by atoms with E-state index in [0.717, 1.165) is 22.0 Å². The molecule has 1 aromatic heterocycles. The Morgan fingerprint density at radius 1 is 0.895 bits per heavy atom. The van der Waals surface area contributed by atoms with Gasteiger partial charge in [-0.2, -0.15) is 0 Å². The van der Waals surface area contributed by atoms with Gasteiger partial charge in [-0.3, -0.25) is 4.98 Å². The summed E-state index contributed by atoms with van der Waals surface area (Å²) in [4.78, 5) is 4.41. The first-order valence-electron chi connectivity index (χ1n) is 6.35. The summed E-state index contributed by atoms with van der Waals surface area (Å²) >= 11 is 0. The van der Waals surface area contributed by atoms with Gasteiger partial charge in [0.15, 0.2) is 0 Å². The summed E-state index contributed by atoms with van der Waals surface area (Å²) in [5, 5.41) is 12.8. The minimum Gasteiger partial charge on any atom is -0.382 e. The van der Waals surface area contributed by atoms with Crippen LogP contribution in [-0.4, -0.2) is 10.1 Å². The van der Waals surface area contributed by atoms with E-state index in [1.54, 1.807) is 0 Å². The Morgan fingerprint density at radius 2 is 1.63 bits per heavy atom. The maximum absolute atomic E-state index is 10.6. The van der Waals surface area contributed by atoms with Crippen molar-refractivity contribution in [3.05, 3.63) is 77.6 Å². The third-order valence-electron chi connectivity index (χ3n) is 3.31. The molecule has 3 aromatic rings. The molecule has 1 atom stereocenters. The van der Waals surface area contributed by atoms with E-state index >= 15 is 0 Å². The maximum Gasteiger partial charge on any atom is 0.122 e. The van der Waals surface area contributed by atoms with Crippen molar-refractivity contribution in [2.45, 2.75) is 13.0 Å². The van der Waals surface area contributed by atoms with Gasteiger partial charge in [0, 0.05) is 5.69 Å². The smallest absolute Gasteiger partial charge is 0.122 e. The Labute approximate surface area is 112 Å². The number of benzene rings is 2. The molecule has 0 fully saturated rings. The van der Waals surface area contributed by atoms with Crippen LogP contribution in [0.25, 0.3) is 10.8 Å².